The van der Waals surface area contributed by atoms with Gasteiger partial charge in [0.2, 0.25) is 0 Å². The molecule has 2 aromatic carbocycles. The summed E-state index contributed by atoms with van der Waals surface area (Å²) in [5.74, 6) is 0.886. The second kappa shape index (κ2) is 9.67. The van der Waals surface area contributed by atoms with Gasteiger partial charge in [-0.05, 0) is 37.3 Å². The van der Waals surface area contributed by atoms with Gasteiger partial charge in [0.1, 0.15) is 11.6 Å². The Hall–Kier alpha value is -3.96. The molecule has 0 aliphatic carbocycles. The Morgan fingerprint density at radius 3 is 2.33 bits per heavy atom. The highest BCUT2D eigenvalue weighted by Gasteiger charge is 2.30. The van der Waals surface area contributed by atoms with Gasteiger partial charge in [0.25, 0.3) is 5.56 Å². The Balaban J connectivity index is 1.64. The molecule has 0 bridgehead atoms. The van der Waals surface area contributed by atoms with Crippen LogP contribution < -0.4 is 30.4 Å². The predicted molar refractivity (Wildman–Crippen MR) is 114 cm³/mol. The van der Waals surface area contributed by atoms with Gasteiger partial charge in [-0.1, -0.05) is 0 Å². The first-order chi connectivity index (χ1) is 15.6. The minimum atomic E-state index is -4.79. The maximum absolute atomic E-state index is 12.9. The second-order valence-corrected chi connectivity index (χ2v) is 6.79. The third-order valence-electron chi connectivity index (χ3n) is 4.62. The highest BCUT2D eigenvalue weighted by molar-refractivity contribution is 5.89. The van der Waals surface area contributed by atoms with Crippen molar-refractivity contribution in [2.24, 2.45) is 0 Å². The zero-order valence-electron chi connectivity index (χ0n) is 17.9. The quantitative estimate of drug-likeness (QED) is 0.553. The first-order valence-corrected chi connectivity index (χ1v) is 9.65. The molecule has 2 amide bonds. The zero-order chi connectivity index (χ0) is 24.2. The van der Waals surface area contributed by atoms with Crippen molar-refractivity contribution in [2.45, 2.75) is 19.8 Å². The maximum atomic E-state index is 12.9. The first kappa shape index (κ1) is 23.7. The van der Waals surface area contributed by atoms with E-state index in [2.05, 4.69) is 20.4 Å². The molecule has 0 unspecified atom stereocenters. The summed E-state index contributed by atoms with van der Waals surface area (Å²) in [4.78, 5) is 29.4. The maximum Gasteiger partial charge on any atom is 0.573 e. The SMILES string of the molecule is COc1cc2nc(C)n(CCNC(=O)Nc3ccc(OC(F)(F)F)cc3)c(=O)c2cc1OC. The van der Waals surface area contributed by atoms with Gasteiger partial charge in [-0.15, -0.1) is 13.2 Å². The Morgan fingerprint density at radius 2 is 1.73 bits per heavy atom. The van der Waals surface area contributed by atoms with Crippen molar-refractivity contribution < 1.29 is 32.2 Å². The number of aromatic nitrogens is 2. The third-order valence-corrected chi connectivity index (χ3v) is 4.62. The number of amides is 2. The summed E-state index contributed by atoms with van der Waals surface area (Å²) >= 11 is 0. The lowest BCUT2D eigenvalue weighted by Gasteiger charge is -2.14. The van der Waals surface area contributed by atoms with Gasteiger partial charge in [0.05, 0.1) is 25.1 Å². The van der Waals surface area contributed by atoms with Crippen molar-refractivity contribution in [1.29, 1.82) is 0 Å². The number of hydrogen-bond donors (Lipinski definition) is 2. The molecule has 0 spiro atoms. The molecular weight excluding hydrogens is 445 g/mol. The molecule has 0 fully saturated rings. The van der Waals surface area contributed by atoms with Gasteiger partial charge in [0.15, 0.2) is 11.5 Å². The van der Waals surface area contributed by atoms with Crippen molar-refractivity contribution in [3.05, 3.63) is 52.6 Å². The van der Waals surface area contributed by atoms with Gasteiger partial charge in [0, 0.05) is 24.8 Å². The number of aryl methyl sites for hydroxylation is 1. The molecular formula is C21H21F3N4O5. The number of alkyl halides is 3. The van der Waals surface area contributed by atoms with Crippen LogP contribution in [0.1, 0.15) is 5.82 Å². The minimum Gasteiger partial charge on any atom is -0.493 e. The van der Waals surface area contributed by atoms with Crippen molar-refractivity contribution >= 4 is 22.6 Å². The largest absolute Gasteiger partial charge is 0.573 e. The fourth-order valence-electron chi connectivity index (χ4n) is 3.12. The average Bonchev–Trinajstić information content (AvgIpc) is 2.75. The molecule has 176 valence electrons. The highest BCUT2D eigenvalue weighted by atomic mass is 19.4. The number of anilines is 1. The number of nitrogens with one attached hydrogen (secondary N) is 2. The van der Waals surface area contributed by atoms with Crippen molar-refractivity contribution in [3.63, 3.8) is 0 Å². The number of halogens is 3. The number of hydrogen-bond acceptors (Lipinski definition) is 6. The van der Waals surface area contributed by atoms with Crippen LogP contribution in [0.25, 0.3) is 10.9 Å². The van der Waals surface area contributed by atoms with Gasteiger partial charge in [-0.25, -0.2) is 9.78 Å². The Morgan fingerprint density at radius 1 is 1.09 bits per heavy atom. The van der Waals surface area contributed by atoms with Crippen LogP contribution in [0.15, 0.2) is 41.2 Å². The van der Waals surface area contributed by atoms with Crippen LogP contribution in [0.2, 0.25) is 0 Å². The highest BCUT2D eigenvalue weighted by Crippen LogP contribution is 2.30. The number of carbonyl (C=O) groups is 1. The summed E-state index contributed by atoms with van der Waals surface area (Å²) in [6, 6.07) is 7.26. The number of benzene rings is 2. The monoisotopic (exact) mass is 466 g/mol. The molecule has 0 saturated carbocycles. The van der Waals surface area contributed by atoms with Gasteiger partial charge < -0.3 is 24.8 Å². The molecule has 0 saturated heterocycles. The molecule has 1 heterocycles. The van der Waals surface area contributed by atoms with E-state index in [-0.39, 0.29) is 24.3 Å². The summed E-state index contributed by atoms with van der Waals surface area (Å²) in [5, 5.41) is 5.40. The molecule has 2 N–H and O–H groups in total. The molecule has 3 aromatic rings. The van der Waals surface area contributed by atoms with Crippen LogP contribution in [-0.2, 0) is 6.54 Å². The smallest absolute Gasteiger partial charge is 0.493 e. The van der Waals surface area contributed by atoms with Crippen LogP contribution in [0, 0.1) is 6.92 Å². The molecule has 12 heteroatoms. The number of carbonyl (C=O) groups excluding carboxylic acids is 1. The lowest BCUT2D eigenvalue weighted by molar-refractivity contribution is -0.274. The minimum absolute atomic E-state index is 0.0995. The number of methoxy groups -OCH3 is 2. The fourth-order valence-corrected chi connectivity index (χ4v) is 3.12. The van der Waals surface area contributed by atoms with Crippen LogP contribution >= 0.6 is 0 Å². The second-order valence-electron chi connectivity index (χ2n) is 6.79. The molecule has 9 nitrogen and oxygen atoms in total. The summed E-state index contributed by atoms with van der Waals surface area (Å²) in [5.41, 5.74) is 0.416. The number of nitrogens with zero attached hydrogens (tertiary/aromatic N) is 2. The van der Waals surface area contributed by atoms with E-state index < -0.39 is 18.1 Å². The van der Waals surface area contributed by atoms with Crippen molar-refractivity contribution in [2.75, 3.05) is 26.1 Å². The van der Waals surface area contributed by atoms with Crippen molar-refractivity contribution in [1.82, 2.24) is 14.9 Å². The Bertz CT molecular complexity index is 1210. The summed E-state index contributed by atoms with van der Waals surface area (Å²) in [6.45, 7) is 1.91. The van der Waals surface area contributed by atoms with E-state index in [1.165, 1.54) is 30.9 Å². The first-order valence-electron chi connectivity index (χ1n) is 9.65. The van der Waals surface area contributed by atoms with Crippen LogP contribution in [0.3, 0.4) is 0 Å². The van der Waals surface area contributed by atoms with Crippen LogP contribution in [0.5, 0.6) is 17.2 Å². The van der Waals surface area contributed by atoms with E-state index in [4.69, 9.17) is 9.47 Å². The normalized spacial score (nSPS) is 11.2. The van der Waals surface area contributed by atoms with E-state index >= 15 is 0 Å². The molecule has 0 radical (unpaired) electrons. The average molecular weight is 466 g/mol. The lowest BCUT2D eigenvalue weighted by atomic mass is 10.2. The van der Waals surface area contributed by atoms with Gasteiger partial charge in [-0.3, -0.25) is 9.36 Å². The molecule has 0 aliphatic rings. The fraction of sp³-hybridized carbons (Fsp3) is 0.286. The van der Waals surface area contributed by atoms with E-state index in [0.29, 0.717) is 28.2 Å². The molecule has 0 atom stereocenters. The van der Waals surface area contributed by atoms with Crippen LogP contribution in [-0.4, -0.2) is 42.7 Å². The third kappa shape index (κ3) is 5.84. The van der Waals surface area contributed by atoms with Crippen molar-refractivity contribution in [3.8, 4) is 17.2 Å². The van der Waals surface area contributed by atoms with Crippen LogP contribution in [0.4, 0.5) is 23.7 Å². The predicted octanol–water partition coefficient (Wildman–Crippen LogP) is 3.44. The van der Waals surface area contributed by atoms with E-state index in [9.17, 15) is 22.8 Å². The zero-order valence-corrected chi connectivity index (χ0v) is 17.9. The standard InChI is InChI=1S/C21H21F3N4O5/c1-12-26-16-11-18(32-3)17(31-2)10-15(16)19(29)28(12)9-8-25-20(30)27-13-4-6-14(7-5-13)33-21(22,23)24/h4-7,10-11H,8-9H2,1-3H3,(H2,25,27,30). The van der Waals surface area contributed by atoms with E-state index in [1.54, 1.807) is 19.1 Å². The van der Waals surface area contributed by atoms with E-state index in [1.807, 2.05) is 0 Å². The summed E-state index contributed by atoms with van der Waals surface area (Å²) in [7, 11) is 2.95. The number of ether oxygens (including phenoxy) is 3. The molecule has 1 aromatic heterocycles. The van der Waals surface area contributed by atoms with E-state index in [0.717, 1.165) is 12.1 Å². The van der Waals surface area contributed by atoms with Gasteiger partial charge in [-0.2, -0.15) is 0 Å². The lowest BCUT2D eigenvalue weighted by Crippen LogP contribution is -2.34. The summed E-state index contributed by atoms with van der Waals surface area (Å²) in [6.07, 6.45) is -4.79. The van der Waals surface area contributed by atoms with Gasteiger partial charge >= 0.3 is 12.4 Å². The molecule has 3 rings (SSSR count). The number of urea groups is 1. The Kier molecular flexibility index (Phi) is 6.95. The topological polar surface area (TPSA) is 104 Å². The Labute approximate surface area is 186 Å². The number of fused-ring (bicyclic) bond motifs is 1. The number of rotatable bonds is 7. The molecule has 0 aliphatic heterocycles. The summed E-state index contributed by atoms with van der Waals surface area (Å²) < 4.78 is 52.3. The molecule has 33 heavy (non-hydrogen) atoms.